The first-order chi connectivity index (χ1) is 7.06. The zero-order valence-electron chi connectivity index (χ0n) is 8.39. The maximum atomic E-state index is 12.8. The Kier molecular flexibility index (Phi) is 4.14. The lowest BCUT2D eigenvalue weighted by molar-refractivity contribution is 0.00367. The number of halogens is 1. The Morgan fingerprint density at radius 3 is 2.73 bits per heavy atom. The highest BCUT2D eigenvalue weighted by Gasteiger charge is 2.20. The van der Waals surface area contributed by atoms with E-state index in [1.807, 2.05) is 0 Å². The summed E-state index contributed by atoms with van der Waals surface area (Å²) in [6.45, 7) is 1.43. The van der Waals surface area contributed by atoms with Gasteiger partial charge in [-0.2, -0.15) is 4.39 Å². The largest absolute Gasteiger partial charge is 0.396 e. The molecule has 0 aliphatic rings. The van der Waals surface area contributed by atoms with Crippen LogP contribution in [0, 0.1) is 12.9 Å². The minimum atomic E-state index is -1.20. The molecule has 2 atom stereocenters. The van der Waals surface area contributed by atoms with Crippen molar-refractivity contribution in [2.24, 2.45) is 0 Å². The average Bonchev–Trinajstić information content (AvgIpc) is 2.21. The predicted octanol–water partition coefficient (Wildman–Crippen LogP) is 0.306. The van der Waals surface area contributed by atoms with E-state index in [4.69, 9.17) is 5.11 Å². The van der Waals surface area contributed by atoms with Crippen molar-refractivity contribution in [3.63, 3.8) is 0 Å². The lowest BCUT2D eigenvalue weighted by atomic mass is 10.00. The molecule has 3 N–H and O–H groups in total. The summed E-state index contributed by atoms with van der Waals surface area (Å²) in [4.78, 5) is 3.42. The van der Waals surface area contributed by atoms with E-state index in [1.54, 1.807) is 6.92 Å². The van der Waals surface area contributed by atoms with Gasteiger partial charge in [-0.15, -0.1) is 0 Å². The van der Waals surface area contributed by atoms with E-state index in [9.17, 15) is 14.6 Å². The molecule has 0 spiro atoms. The number of rotatable bonds is 4. The van der Waals surface area contributed by atoms with Crippen molar-refractivity contribution in [1.82, 2.24) is 4.98 Å². The number of nitrogens with zero attached hydrogens (tertiary/aromatic N) is 1. The standard InChI is InChI=1S/C10H14FNO3/c1-6-5-12-9(11)4-7(6)10(15)8(14)2-3-13/h4-5,8,10,13-15H,2-3H2,1H3. The minimum Gasteiger partial charge on any atom is -0.396 e. The number of aryl methyl sites for hydroxylation is 1. The van der Waals surface area contributed by atoms with Crippen molar-refractivity contribution in [3.8, 4) is 0 Å². The fourth-order valence-electron chi connectivity index (χ4n) is 1.33. The number of hydrogen-bond donors (Lipinski definition) is 3. The first-order valence-corrected chi connectivity index (χ1v) is 4.65. The molecule has 15 heavy (non-hydrogen) atoms. The van der Waals surface area contributed by atoms with Gasteiger partial charge in [-0.25, -0.2) is 4.98 Å². The quantitative estimate of drug-likeness (QED) is 0.632. The molecule has 2 unspecified atom stereocenters. The van der Waals surface area contributed by atoms with Gasteiger partial charge >= 0.3 is 0 Å². The second kappa shape index (κ2) is 5.16. The zero-order valence-corrected chi connectivity index (χ0v) is 8.39. The maximum Gasteiger partial charge on any atom is 0.213 e. The van der Waals surface area contributed by atoms with Gasteiger partial charge in [0.05, 0.1) is 6.10 Å². The van der Waals surface area contributed by atoms with Gasteiger partial charge in [0.15, 0.2) is 0 Å². The van der Waals surface area contributed by atoms with Crippen LogP contribution >= 0.6 is 0 Å². The molecule has 0 bridgehead atoms. The molecule has 1 rings (SSSR count). The summed E-state index contributed by atoms with van der Waals surface area (Å²) < 4.78 is 12.8. The van der Waals surface area contributed by atoms with Gasteiger partial charge in [-0.05, 0) is 30.5 Å². The molecular weight excluding hydrogens is 201 g/mol. The first kappa shape index (κ1) is 12.0. The molecule has 0 amide bonds. The molecule has 0 aromatic carbocycles. The van der Waals surface area contributed by atoms with Crippen LogP contribution in [0.1, 0.15) is 23.7 Å². The van der Waals surface area contributed by atoms with Crippen molar-refractivity contribution in [3.05, 3.63) is 29.3 Å². The van der Waals surface area contributed by atoms with Crippen LogP contribution in [-0.2, 0) is 0 Å². The van der Waals surface area contributed by atoms with Crippen molar-refractivity contribution >= 4 is 0 Å². The summed E-state index contributed by atoms with van der Waals surface area (Å²) in [5.41, 5.74) is 0.893. The van der Waals surface area contributed by atoms with Gasteiger partial charge in [0, 0.05) is 12.8 Å². The maximum absolute atomic E-state index is 12.8. The van der Waals surface area contributed by atoms with Crippen molar-refractivity contribution in [2.75, 3.05) is 6.61 Å². The lowest BCUT2D eigenvalue weighted by Crippen LogP contribution is -2.20. The van der Waals surface area contributed by atoms with Gasteiger partial charge in [-0.3, -0.25) is 0 Å². The molecule has 1 aromatic rings. The summed E-state index contributed by atoms with van der Waals surface area (Å²) >= 11 is 0. The van der Waals surface area contributed by atoms with Crippen LogP contribution in [0.25, 0.3) is 0 Å². The third-order valence-corrected chi connectivity index (χ3v) is 2.22. The number of aliphatic hydroxyl groups excluding tert-OH is 3. The number of pyridine rings is 1. The van der Waals surface area contributed by atoms with E-state index in [2.05, 4.69) is 4.98 Å². The topological polar surface area (TPSA) is 73.6 Å². The smallest absolute Gasteiger partial charge is 0.213 e. The van der Waals surface area contributed by atoms with Gasteiger partial charge in [0.1, 0.15) is 6.10 Å². The van der Waals surface area contributed by atoms with Gasteiger partial charge in [0.25, 0.3) is 0 Å². The Bertz CT molecular complexity index is 332. The van der Waals surface area contributed by atoms with E-state index in [-0.39, 0.29) is 13.0 Å². The third-order valence-electron chi connectivity index (χ3n) is 2.22. The molecule has 1 aromatic heterocycles. The van der Waals surface area contributed by atoms with Gasteiger partial charge in [0.2, 0.25) is 5.95 Å². The fourth-order valence-corrected chi connectivity index (χ4v) is 1.33. The molecule has 5 heteroatoms. The second-order valence-corrected chi connectivity index (χ2v) is 3.39. The molecule has 0 aliphatic carbocycles. The highest BCUT2D eigenvalue weighted by Crippen LogP contribution is 2.22. The zero-order chi connectivity index (χ0) is 11.4. The first-order valence-electron chi connectivity index (χ1n) is 4.65. The van der Waals surface area contributed by atoms with Crippen LogP contribution in [0.15, 0.2) is 12.3 Å². The van der Waals surface area contributed by atoms with E-state index in [0.717, 1.165) is 6.07 Å². The lowest BCUT2D eigenvalue weighted by Gasteiger charge is -2.18. The molecule has 0 fully saturated rings. The fraction of sp³-hybridized carbons (Fsp3) is 0.500. The Balaban J connectivity index is 2.89. The van der Waals surface area contributed by atoms with E-state index >= 15 is 0 Å². The summed E-state index contributed by atoms with van der Waals surface area (Å²) in [5, 5.41) is 27.7. The predicted molar refractivity (Wildman–Crippen MR) is 51.6 cm³/mol. The van der Waals surface area contributed by atoms with Crippen LogP contribution < -0.4 is 0 Å². The molecule has 84 valence electrons. The summed E-state index contributed by atoms with van der Waals surface area (Å²) in [5.74, 6) is -0.703. The minimum absolute atomic E-state index is 0.0462. The number of hydrogen-bond acceptors (Lipinski definition) is 4. The Morgan fingerprint density at radius 1 is 1.47 bits per heavy atom. The molecule has 1 heterocycles. The summed E-state index contributed by atoms with van der Waals surface area (Å²) in [6, 6.07) is 1.08. The van der Waals surface area contributed by atoms with Crippen LogP contribution in [0.5, 0.6) is 0 Å². The monoisotopic (exact) mass is 215 g/mol. The number of aromatic nitrogens is 1. The number of aliphatic hydroxyl groups is 3. The Morgan fingerprint density at radius 2 is 2.13 bits per heavy atom. The molecule has 0 radical (unpaired) electrons. The van der Waals surface area contributed by atoms with Crippen molar-refractivity contribution in [1.29, 1.82) is 0 Å². The van der Waals surface area contributed by atoms with E-state index in [0.29, 0.717) is 11.1 Å². The van der Waals surface area contributed by atoms with Gasteiger partial charge < -0.3 is 15.3 Å². The molecular formula is C10H14FNO3. The molecule has 0 saturated carbocycles. The normalized spacial score (nSPS) is 15.0. The average molecular weight is 215 g/mol. The van der Waals surface area contributed by atoms with Crippen molar-refractivity contribution < 1.29 is 19.7 Å². The highest BCUT2D eigenvalue weighted by atomic mass is 19.1. The van der Waals surface area contributed by atoms with Crippen LogP contribution in [0.4, 0.5) is 4.39 Å². The third kappa shape index (κ3) is 2.95. The molecule has 0 saturated heterocycles. The van der Waals surface area contributed by atoms with E-state index in [1.165, 1.54) is 6.20 Å². The van der Waals surface area contributed by atoms with Gasteiger partial charge in [-0.1, -0.05) is 0 Å². The van der Waals surface area contributed by atoms with Crippen LogP contribution in [0.3, 0.4) is 0 Å². The van der Waals surface area contributed by atoms with Crippen LogP contribution in [0.2, 0.25) is 0 Å². The summed E-state index contributed by atoms with van der Waals surface area (Å²) in [6.07, 6.45) is -0.963. The molecule has 4 nitrogen and oxygen atoms in total. The Hall–Kier alpha value is -1.04. The summed E-state index contributed by atoms with van der Waals surface area (Å²) in [7, 11) is 0. The molecule has 0 aliphatic heterocycles. The Labute approximate surface area is 87.0 Å². The SMILES string of the molecule is Cc1cnc(F)cc1C(O)C(O)CCO. The highest BCUT2D eigenvalue weighted by molar-refractivity contribution is 5.25. The second-order valence-electron chi connectivity index (χ2n) is 3.39. The van der Waals surface area contributed by atoms with Crippen LogP contribution in [-0.4, -0.2) is 33.0 Å². The van der Waals surface area contributed by atoms with Crippen molar-refractivity contribution in [2.45, 2.75) is 25.6 Å². The van der Waals surface area contributed by atoms with E-state index < -0.39 is 18.2 Å².